The standard InChI is InChI=1S/C29H27N3O2/c1-20-8-7-11-22(18-20)24(21-9-3-2-4-10-21)14-15-27-30-19-23(31-27)16-17-32-28(33)25-12-5-6-13-26(25)29(32)34/h2-13,18-19,24H,14-17H2,1H3,(H,30,31). The molecule has 1 atom stereocenters. The Labute approximate surface area is 199 Å². The highest BCUT2D eigenvalue weighted by Crippen LogP contribution is 2.30. The van der Waals surface area contributed by atoms with Crippen LogP contribution in [0.4, 0.5) is 0 Å². The number of imidazole rings is 1. The van der Waals surface area contributed by atoms with Gasteiger partial charge in [0.15, 0.2) is 0 Å². The first-order valence-corrected chi connectivity index (χ1v) is 11.7. The summed E-state index contributed by atoms with van der Waals surface area (Å²) in [7, 11) is 0. The van der Waals surface area contributed by atoms with Crippen LogP contribution in [0.25, 0.3) is 0 Å². The Morgan fingerprint density at radius 2 is 1.50 bits per heavy atom. The molecule has 0 radical (unpaired) electrons. The number of aromatic nitrogens is 2. The third kappa shape index (κ3) is 4.42. The average Bonchev–Trinajstić information content (AvgIpc) is 3.41. The molecule has 4 aromatic rings. The van der Waals surface area contributed by atoms with E-state index in [1.807, 2.05) is 12.3 Å². The van der Waals surface area contributed by atoms with E-state index in [-0.39, 0.29) is 17.7 Å². The van der Waals surface area contributed by atoms with Crippen molar-refractivity contribution >= 4 is 11.8 Å². The van der Waals surface area contributed by atoms with Gasteiger partial charge in [-0.1, -0.05) is 72.3 Å². The number of carbonyl (C=O) groups excluding carboxylic acids is 2. The van der Waals surface area contributed by atoms with Gasteiger partial charge in [-0.15, -0.1) is 0 Å². The van der Waals surface area contributed by atoms with Gasteiger partial charge < -0.3 is 4.98 Å². The predicted molar refractivity (Wildman–Crippen MR) is 132 cm³/mol. The summed E-state index contributed by atoms with van der Waals surface area (Å²) in [5, 5.41) is 0. The third-order valence-electron chi connectivity index (χ3n) is 6.48. The lowest BCUT2D eigenvalue weighted by atomic mass is 9.87. The first-order chi connectivity index (χ1) is 16.6. The normalized spacial score (nSPS) is 13.9. The number of nitrogens with one attached hydrogen (secondary N) is 1. The van der Waals surface area contributed by atoms with Crippen molar-refractivity contribution < 1.29 is 9.59 Å². The number of rotatable bonds is 8. The number of H-pyrrole nitrogens is 1. The minimum absolute atomic E-state index is 0.218. The van der Waals surface area contributed by atoms with Crippen LogP contribution in [0.5, 0.6) is 0 Å². The molecule has 0 aliphatic carbocycles. The Bertz CT molecular complexity index is 1290. The molecule has 0 spiro atoms. The molecule has 170 valence electrons. The molecule has 0 saturated heterocycles. The first-order valence-electron chi connectivity index (χ1n) is 11.7. The topological polar surface area (TPSA) is 66.1 Å². The van der Waals surface area contributed by atoms with Crippen LogP contribution in [0.1, 0.15) is 61.3 Å². The zero-order valence-corrected chi connectivity index (χ0v) is 19.2. The van der Waals surface area contributed by atoms with Crippen molar-refractivity contribution in [2.45, 2.75) is 32.1 Å². The number of aryl methyl sites for hydroxylation is 2. The van der Waals surface area contributed by atoms with Crippen molar-refractivity contribution in [3.8, 4) is 0 Å². The molecule has 3 aromatic carbocycles. The molecule has 1 unspecified atom stereocenters. The highest BCUT2D eigenvalue weighted by atomic mass is 16.2. The van der Waals surface area contributed by atoms with E-state index < -0.39 is 0 Å². The van der Waals surface area contributed by atoms with Crippen LogP contribution < -0.4 is 0 Å². The van der Waals surface area contributed by atoms with Gasteiger partial charge in [-0.2, -0.15) is 0 Å². The van der Waals surface area contributed by atoms with Crippen molar-refractivity contribution in [1.29, 1.82) is 0 Å². The number of hydrogen-bond acceptors (Lipinski definition) is 3. The van der Waals surface area contributed by atoms with Crippen molar-refractivity contribution in [2.24, 2.45) is 0 Å². The quantitative estimate of drug-likeness (QED) is 0.370. The van der Waals surface area contributed by atoms with Gasteiger partial charge in [-0.3, -0.25) is 14.5 Å². The van der Waals surface area contributed by atoms with Crippen LogP contribution in [0, 0.1) is 6.92 Å². The summed E-state index contributed by atoms with van der Waals surface area (Å²) in [5.74, 6) is 0.771. The predicted octanol–water partition coefficient (Wildman–Crippen LogP) is 5.32. The number of amides is 2. The SMILES string of the molecule is Cc1cccc(C(CCc2ncc(CCN3C(=O)c4ccccc4C3=O)[nH]2)c2ccccc2)c1. The van der Waals surface area contributed by atoms with Crippen LogP contribution in [0.3, 0.4) is 0 Å². The van der Waals surface area contributed by atoms with E-state index in [4.69, 9.17) is 0 Å². The molecule has 5 rings (SSSR count). The number of fused-ring (bicyclic) bond motifs is 1. The van der Waals surface area contributed by atoms with Gasteiger partial charge in [-0.05, 0) is 36.6 Å². The molecular formula is C29H27N3O2. The fraction of sp³-hybridized carbons (Fsp3) is 0.207. The lowest BCUT2D eigenvalue weighted by Crippen LogP contribution is -2.31. The highest BCUT2D eigenvalue weighted by Gasteiger charge is 2.34. The summed E-state index contributed by atoms with van der Waals surface area (Å²) >= 11 is 0. The summed E-state index contributed by atoms with van der Waals surface area (Å²) < 4.78 is 0. The minimum atomic E-state index is -0.218. The zero-order valence-electron chi connectivity index (χ0n) is 19.2. The van der Waals surface area contributed by atoms with Gasteiger partial charge in [0.1, 0.15) is 5.82 Å². The summed E-state index contributed by atoms with van der Waals surface area (Å²) in [6.45, 7) is 2.46. The molecule has 34 heavy (non-hydrogen) atoms. The van der Waals surface area contributed by atoms with E-state index in [1.54, 1.807) is 24.3 Å². The lowest BCUT2D eigenvalue weighted by Gasteiger charge is -2.18. The van der Waals surface area contributed by atoms with E-state index in [2.05, 4.69) is 65.4 Å². The summed E-state index contributed by atoms with van der Waals surface area (Å²) in [6.07, 6.45) is 4.11. The molecule has 1 aliphatic rings. The Hall–Kier alpha value is -3.99. The largest absolute Gasteiger partial charge is 0.346 e. The van der Waals surface area contributed by atoms with Crippen molar-refractivity contribution in [2.75, 3.05) is 6.54 Å². The van der Waals surface area contributed by atoms with E-state index in [0.717, 1.165) is 24.4 Å². The highest BCUT2D eigenvalue weighted by molar-refractivity contribution is 6.21. The van der Waals surface area contributed by atoms with Gasteiger partial charge in [0.05, 0.1) is 11.1 Å². The molecule has 2 amide bonds. The number of aromatic amines is 1. The lowest BCUT2D eigenvalue weighted by molar-refractivity contribution is 0.0656. The number of imide groups is 1. The maximum Gasteiger partial charge on any atom is 0.261 e. The Kier molecular flexibility index (Phi) is 6.09. The number of carbonyl (C=O) groups is 2. The summed E-state index contributed by atoms with van der Waals surface area (Å²) in [4.78, 5) is 34.5. The first kappa shape index (κ1) is 21.8. The van der Waals surface area contributed by atoms with Crippen molar-refractivity contribution in [3.63, 3.8) is 0 Å². The van der Waals surface area contributed by atoms with E-state index in [0.29, 0.717) is 24.1 Å². The van der Waals surface area contributed by atoms with Crippen LogP contribution in [-0.2, 0) is 12.8 Å². The molecule has 5 nitrogen and oxygen atoms in total. The van der Waals surface area contributed by atoms with Crippen molar-refractivity contribution in [3.05, 3.63) is 124 Å². The van der Waals surface area contributed by atoms with Crippen LogP contribution in [0.2, 0.25) is 0 Å². The van der Waals surface area contributed by atoms with Gasteiger partial charge in [0.2, 0.25) is 0 Å². The molecule has 5 heteroatoms. The van der Waals surface area contributed by atoms with Gasteiger partial charge in [-0.25, -0.2) is 4.98 Å². The fourth-order valence-corrected chi connectivity index (χ4v) is 4.71. The second-order valence-electron chi connectivity index (χ2n) is 8.83. The molecule has 0 fully saturated rings. The van der Waals surface area contributed by atoms with Gasteiger partial charge >= 0.3 is 0 Å². The van der Waals surface area contributed by atoms with Gasteiger partial charge in [0.25, 0.3) is 11.8 Å². The summed E-state index contributed by atoms with van der Waals surface area (Å²) in [5.41, 5.74) is 5.76. The van der Waals surface area contributed by atoms with E-state index in [9.17, 15) is 9.59 Å². The Morgan fingerprint density at radius 1 is 0.824 bits per heavy atom. The molecule has 1 N–H and O–H groups in total. The smallest absolute Gasteiger partial charge is 0.261 e. The molecule has 0 bridgehead atoms. The molecule has 1 aromatic heterocycles. The maximum atomic E-state index is 12.6. The molecule has 1 aliphatic heterocycles. The summed E-state index contributed by atoms with van der Waals surface area (Å²) in [6, 6.07) is 26.3. The molecule has 2 heterocycles. The number of benzene rings is 3. The van der Waals surface area contributed by atoms with Crippen molar-refractivity contribution in [1.82, 2.24) is 14.9 Å². The second-order valence-corrected chi connectivity index (χ2v) is 8.83. The van der Waals surface area contributed by atoms with Crippen LogP contribution in [0.15, 0.2) is 85.1 Å². The third-order valence-corrected chi connectivity index (χ3v) is 6.48. The van der Waals surface area contributed by atoms with E-state index in [1.165, 1.54) is 21.6 Å². The maximum absolute atomic E-state index is 12.6. The Morgan fingerprint density at radius 3 is 2.21 bits per heavy atom. The molecule has 0 saturated carbocycles. The number of hydrogen-bond donors (Lipinski definition) is 1. The Balaban J connectivity index is 1.24. The fourth-order valence-electron chi connectivity index (χ4n) is 4.71. The van der Waals surface area contributed by atoms with E-state index >= 15 is 0 Å². The monoisotopic (exact) mass is 449 g/mol. The zero-order chi connectivity index (χ0) is 23.5. The number of nitrogens with zero attached hydrogens (tertiary/aromatic N) is 2. The van der Waals surface area contributed by atoms with Crippen LogP contribution in [-0.4, -0.2) is 33.2 Å². The minimum Gasteiger partial charge on any atom is -0.346 e. The second kappa shape index (κ2) is 9.48. The van der Waals surface area contributed by atoms with Gasteiger partial charge in [0, 0.05) is 37.2 Å². The van der Waals surface area contributed by atoms with Crippen LogP contribution >= 0.6 is 0 Å². The molecular weight excluding hydrogens is 422 g/mol. The average molecular weight is 450 g/mol.